The summed E-state index contributed by atoms with van der Waals surface area (Å²) in [6.07, 6.45) is 0. The van der Waals surface area contributed by atoms with Crippen LogP contribution in [0.1, 0.15) is 5.56 Å². The minimum absolute atomic E-state index is 0.724. The van der Waals surface area contributed by atoms with Crippen LogP contribution in [-0.4, -0.2) is 9.97 Å². The largest absolute Gasteiger partial charge is 0.228 e. The topological polar surface area (TPSA) is 25.8 Å². The summed E-state index contributed by atoms with van der Waals surface area (Å²) in [7, 11) is 0. The zero-order chi connectivity index (χ0) is 30.6. The summed E-state index contributed by atoms with van der Waals surface area (Å²) >= 11 is 1.85. The quantitative estimate of drug-likeness (QED) is 0.200. The summed E-state index contributed by atoms with van der Waals surface area (Å²) in [6, 6.07) is 54.2. The van der Waals surface area contributed by atoms with E-state index in [1.54, 1.807) is 0 Å². The van der Waals surface area contributed by atoms with E-state index in [1.165, 1.54) is 42.1 Å². The fraction of sp³-hybridized carbons (Fsp3) is 0.0233. The molecule has 0 atom stereocenters. The maximum Gasteiger partial charge on any atom is 0.160 e. The number of hydrogen-bond acceptors (Lipinski definition) is 3. The summed E-state index contributed by atoms with van der Waals surface area (Å²) in [5.41, 5.74) is 9.96. The van der Waals surface area contributed by atoms with Gasteiger partial charge in [-0.2, -0.15) is 0 Å². The molecule has 9 aromatic rings. The minimum atomic E-state index is 0.724. The monoisotopic (exact) mass is 604 g/mol. The molecule has 0 saturated heterocycles. The second-order valence-electron chi connectivity index (χ2n) is 11.9. The van der Waals surface area contributed by atoms with Gasteiger partial charge in [-0.25, -0.2) is 9.97 Å². The van der Waals surface area contributed by atoms with Crippen molar-refractivity contribution in [2.45, 2.75) is 6.92 Å². The van der Waals surface area contributed by atoms with Gasteiger partial charge in [0.1, 0.15) is 0 Å². The van der Waals surface area contributed by atoms with Crippen LogP contribution in [0.3, 0.4) is 0 Å². The first-order valence-corrected chi connectivity index (χ1v) is 16.4. The SMILES string of the molecule is Cc1ccc2c(c1)sc1c(-c3nc(-c4cc(-c5ccccc5)cc(-c5cccc6ccccc56)c4)nc4ccccc34)cccc12. The first-order chi connectivity index (χ1) is 22.7. The Bertz CT molecular complexity index is 2590. The maximum absolute atomic E-state index is 5.41. The Labute approximate surface area is 271 Å². The van der Waals surface area contributed by atoms with E-state index >= 15 is 0 Å². The van der Waals surface area contributed by atoms with Crippen molar-refractivity contribution >= 4 is 53.2 Å². The molecule has 0 fully saturated rings. The smallest absolute Gasteiger partial charge is 0.160 e. The van der Waals surface area contributed by atoms with Crippen molar-refractivity contribution in [3.8, 4) is 44.9 Å². The molecule has 0 bridgehead atoms. The lowest BCUT2D eigenvalue weighted by atomic mass is 9.93. The van der Waals surface area contributed by atoms with E-state index < -0.39 is 0 Å². The lowest BCUT2D eigenvalue weighted by molar-refractivity contribution is 1.23. The Kier molecular flexibility index (Phi) is 6.25. The lowest BCUT2D eigenvalue weighted by Gasteiger charge is -2.14. The van der Waals surface area contributed by atoms with E-state index in [-0.39, 0.29) is 0 Å². The van der Waals surface area contributed by atoms with Gasteiger partial charge in [0.25, 0.3) is 0 Å². The predicted molar refractivity (Wildman–Crippen MR) is 196 cm³/mol. The number of fused-ring (bicyclic) bond motifs is 5. The normalized spacial score (nSPS) is 11.6. The Hall–Kier alpha value is -5.64. The van der Waals surface area contributed by atoms with Crippen LogP contribution in [0, 0.1) is 6.92 Å². The third-order valence-corrected chi connectivity index (χ3v) is 10.1. The number of benzene rings is 7. The molecule has 0 aliphatic heterocycles. The van der Waals surface area contributed by atoms with Gasteiger partial charge >= 0.3 is 0 Å². The number of para-hydroxylation sites is 1. The van der Waals surface area contributed by atoms with Crippen molar-refractivity contribution in [1.82, 2.24) is 9.97 Å². The molecular weight excluding hydrogens is 577 g/mol. The third-order valence-electron chi connectivity index (χ3n) is 8.91. The van der Waals surface area contributed by atoms with E-state index in [0.29, 0.717) is 0 Å². The minimum Gasteiger partial charge on any atom is -0.228 e. The number of rotatable bonds is 4. The second-order valence-corrected chi connectivity index (χ2v) is 12.9. The Morgan fingerprint density at radius 3 is 2.07 bits per heavy atom. The molecule has 0 spiro atoms. The standard InChI is InChI=1S/C43H28N2S/c1-27-21-22-35-36-18-10-19-38(42(36)46-40(35)23-27)41-37-16-7-8-20-39(37)44-43(45-41)32-25-30(28-11-3-2-4-12-28)24-31(26-32)34-17-9-14-29-13-5-6-15-33(29)34/h2-26H,1H3. The molecular formula is C43H28N2S. The van der Waals surface area contributed by atoms with Crippen LogP contribution in [0.15, 0.2) is 152 Å². The van der Waals surface area contributed by atoms with Gasteiger partial charge in [0, 0.05) is 36.7 Å². The molecule has 0 aliphatic rings. The second kappa shape index (κ2) is 10.8. The van der Waals surface area contributed by atoms with Gasteiger partial charge in [0.15, 0.2) is 5.82 Å². The highest BCUT2D eigenvalue weighted by Gasteiger charge is 2.18. The predicted octanol–water partition coefficient (Wildman–Crippen LogP) is 12.1. The molecule has 0 amide bonds. The van der Waals surface area contributed by atoms with E-state index in [0.717, 1.165) is 50.2 Å². The summed E-state index contributed by atoms with van der Waals surface area (Å²) in [5, 5.41) is 6.07. The summed E-state index contributed by atoms with van der Waals surface area (Å²) in [4.78, 5) is 10.6. The van der Waals surface area contributed by atoms with Crippen LogP contribution in [0.25, 0.3) is 86.7 Å². The van der Waals surface area contributed by atoms with Crippen molar-refractivity contribution in [3.63, 3.8) is 0 Å². The molecule has 7 aromatic carbocycles. The molecule has 0 N–H and O–H groups in total. The fourth-order valence-corrected chi connectivity index (χ4v) is 8.00. The summed E-state index contributed by atoms with van der Waals surface area (Å²) < 4.78 is 2.56. The van der Waals surface area contributed by atoms with Crippen LogP contribution in [0.5, 0.6) is 0 Å². The number of aromatic nitrogens is 2. The molecule has 216 valence electrons. The van der Waals surface area contributed by atoms with E-state index in [9.17, 15) is 0 Å². The van der Waals surface area contributed by atoms with Gasteiger partial charge in [-0.1, -0.05) is 121 Å². The summed E-state index contributed by atoms with van der Waals surface area (Å²) in [5.74, 6) is 0.724. The van der Waals surface area contributed by atoms with Crippen molar-refractivity contribution in [2.75, 3.05) is 0 Å². The lowest BCUT2D eigenvalue weighted by Crippen LogP contribution is -1.96. The number of thiophene rings is 1. The fourth-order valence-electron chi connectivity index (χ4n) is 6.69. The highest BCUT2D eigenvalue weighted by atomic mass is 32.1. The van der Waals surface area contributed by atoms with Crippen LogP contribution < -0.4 is 0 Å². The molecule has 46 heavy (non-hydrogen) atoms. The molecule has 0 radical (unpaired) electrons. The molecule has 3 heteroatoms. The van der Waals surface area contributed by atoms with Crippen LogP contribution in [0.4, 0.5) is 0 Å². The number of hydrogen-bond donors (Lipinski definition) is 0. The molecule has 0 unspecified atom stereocenters. The Morgan fingerprint density at radius 1 is 0.457 bits per heavy atom. The number of nitrogens with zero attached hydrogens (tertiary/aromatic N) is 2. The average molecular weight is 605 g/mol. The van der Waals surface area contributed by atoms with Crippen molar-refractivity contribution in [2.24, 2.45) is 0 Å². The van der Waals surface area contributed by atoms with Crippen molar-refractivity contribution in [1.29, 1.82) is 0 Å². The first kappa shape index (κ1) is 26.7. The molecule has 0 aliphatic carbocycles. The number of aryl methyl sites for hydroxylation is 1. The molecule has 2 aromatic heterocycles. The van der Waals surface area contributed by atoms with Gasteiger partial charge < -0.3 is 0 Å². The molecule has 0 saturated carbocycles. The average Bonchev–Trinajstić information content (AvgIpc) is 3.49. The van der Waals surface area contributed by atoms with Gasteiger partial charge in [-0.05, 0) is 75.8 Å². The van der Waals surface area contributed by atoms with Crippen LogP contribution in [-0.2, 0) is 0 Å². The highest BCUT2D eigenvalue weighted by molar-refractivity contribution is 7.26. The summed E-state index contributed by atoms with van der Waals surface area (Å²) in [6.45, 7) is 2.16. The van der Waals surface area contributed by atoms with E-state index in [2.05, 4.69) is 159 Å². The van der Waals surface area contributed by atoms with Gasteiger partial charge in [0.05, 0.1) is 11.2 Å². The zero-order valence-corrected chi connectivity index (χ0v) is 26.1. The third kappa shape index (κ3) is 4.48. The maximum atomic E-state index is 5.41. The van der Waals surface area contributed by atoms with E-state index in [4.69, 9.17) is 9.97 Å². The highest BCUT2D eigenvalue weighted by Crippen LogP contribution is 2.42. The van der Waals surface area contributed by atoms with Gasteiger partial charge in [-0.3, -0.25) is 0 Å². The van der Waals surface area contributed by atoms with Crippen molar-refractivity contribution in [3.05, 3.63) is 157 Å². The van der Waals surface area contributed by atoms with Crippen molar-refractivity contribution < 1.29 is 0 Å². The molecule has 2 nitrogen and oxygen atoms in total. The molecule has 9 rings (SSSR count). The zero-order valence-electron chi connectivity index (χ0n) is 25.2. The molecule has 2 heterocycles. The van der Waals surface area contributed by atoms with Crippen LogP contribution in [0.2, 0.25) is 0 Å². The Morgan fingerprint density at radius 2 is 1.15 bits per heavy atom. The Balaban J connectivity index is 1.32. The van der Waals surface area contributed by atoms with Gasteiger partial charge in [0.2, 0.25) is 0 Å². The van der Waals surface area contributed by atoms with Gasteiger partial charge in [-0.15, -0.1) is 11.3 Å². The van der Waals surface area contributed by atoms with E-state index in [1.807, 2.05) is 11.3 Å². The first-order valence-electron chi connectivity index (χ1n) is 15.6. The van der Waals surface area contributed by atoms with Crippen LogP contribution >= 0.6 is 11.3 Å².